The molecule has 0 aliphatic heterocycles. The summed E-state index contributed by atoms with van der Waals surface area (Å²) in [5.41, 5.74) is 1.29. The topological polar surface area (TPSA) is 92.2 Å². The lowest BCUT2D eigenvalue weighted by Gasteiger charge is -2.21. The van der Waals surface area contributed by atoms with Crippen LogP contribution >= 0.6 is 11.6 Å². The van der Waals surface area contributed by atoms with Crippen LogP contribution in [0.5, 0.6) is 5.75 Å². The van der Waals surface area contributed by atoms with Gasteiger partial charge in [0.1, 0.15) is 11.3 Å². The minimum absolute atomic E-state index is 0.0884. The number of aromatic hydroxyl groups is 1. The molecule has 1 atom stereocenters. The fraction of sp³-hybridized carbons (Fsp3) is 0.176. The van der Waals surface area contributed by atoms with Crippen LogP contribution in [0.25, 0.3) is 10.9 Å². The fourth-order valence-electron chi connectivity index (χ4n) is 2.56. The summed E-state index contributed by atoms with van der Waals surface area (Å²) in [4.78, 5) is 8.12. The molecule has 0 radical (unpaired) electrons. The van der Waals surface area contributed by atoms with Crippen molar-refractivity contribution in [3.8, 4) is 5.75 Å². The Morgan fingerprint density at radius 1 is 1.24 bits per heavy atom. The molecule has 25 heavy (non-hydrogen) atoms. The SMILES string of the molecule is CCS(=O)(=O)NC(c1ccncc1)c1cc(Cl)c2cccnc2c1O. The van der Waals surface area contributed by atoms with Gasteiger partial charge in [0.25, 0.3) is 0 Å². The zero-order valence-corrected chi connectivity index (χ0v) is 14.9. The van der Waals surface area contributed by atoms with E-state index in [1.807, 2.05) is 0 Å². The number of pyridine rings is 2. The van der Waals surface area contributed by atoms with Crippen molar-refractivity contribution in [2.24, 2.45) is 0 Å². The lowest BCUT2D eigenvalue weighted by Crippen LogP contribution is -2.30. The predicted octanol–water partition coefficient (Wildman–Crippen LogP) is 3.02. The lowest BCUT2D eigenvalue weighted by molar-refractivity contribution is 0.468. The Kier molecular flexibility index (Phi) is 4.89. The first-order valence-electron chi connectivity index (χ1n) is 7.59. The molecule has 3 rings (SSSR count). The summed E-state index contributed by atoms with van der Waals surface area (Å²) < 4.78 is 26.9. The molecule has 8 heteroatoms. The number of nitrogens with zero attached hydrogens (tertiary/aromatic N) is 2. The van der Waals surface area contributed by atoms with Crippen molar-refractivity contribution in [2.75, 3.05) is 5.75 Å². The summed E-state index contributed by atoms with van der Waals surface area (Å²) in [6.45, 7) is 1.54. The molecule has 0 amide bonds. The number of rotatable bonds is 5. The molecule has 0 bridgehead atoms. The second-order valence-electron chi connectivity index (χ2n) is 5.43. The Hall–Kier alpha value is -2.22. The first-order chi connectivity index (χ1) is 11.9. The molecule has 0 aliphatic rings. The summed E-state index contributed by atoms with van der Waals surface area (Å²) in [6.07, 6.45) is 4.65. The standard InChI is InChI=1S/C17H16ClN3O3S/c1-2-25(23,24)21-15(11-5-8-19-9-6-11)13-10-14(18)12-4-3-7-20-16(12)17(13)22/h3-10,15,21-22H,2H2,1H3. The zero-order valence-electron chi connectivity index (χ0n) is 13.3. The number of phenolic OH excluding ortho intramolecular Hbond substituents is 1. The van der Waals surface area contributed by atoms with Crippen molar-refractivity contribution >= 4 is 32.5 Å². The van der Waals surface area contributed by atoms with Gasteiger partial charge in [-0.15, -0.1) is 0 Å². The number of sulfonamides is 1. The molecule has 2 aromatic heterocycles. The number of nitrogens with one attached hydrogen (secondary N) is 1. The molecule has 6 nitrogen and oxygen atoms in total. The van der Waals surface area contributed by atoms with Crippen LogP contribution in [0.2, 0.25) is 5.02 Å². The molecule has 1 unspecified atom stereocenters. The summed E-state index contributed by atoms with van der Waals surface area (Å²) in [5, 5.41) is 11.7. The number of hydrogen-bond donors (Lipinski definition) is 2. The minimum atomic E-state index is -3.54. The third-order valence-corrected chi connectivity index (χ3v) is 5.54. The van der Waals surface area contributed by atoms with E-state index in [2.05, 4.69) is 14.7 Å². The maximum atomic E-state index is 12.2. The van der Waals surface area contributed by atoms with E-state index in [1.54, 1.807) is 55.8 Å². The summed E-state index contributed by atoms with van der Waals surface area (Å²) in [6, 6.07) is 7.57. The van der Waals surface area contributed by atoms with Crippen LogP contribution in [0.4, 0.5) is 0 Å². The second kappa shape index (κ2) is 6.95. The van der Waals surface area contributed by atoms with Crippen molar-refractivity contribution in [1.29, 1.82) is 0 Å². The van der Waals surface area contributed by atoms with E-state index >= 15 is 0 Å². The molecule has 1 aromatic carbocycles. The van der Waals surface area contributed by atoms with E-state index in [0.717, 1.165) is 0 Å². The molecular weight excluding hydrogens is 362 g/mol. The highest BCUT2D eigenvalue weighted by atomic mass is 35.5. The van der Waals surface area contributed by atoms with Crippen molar-refractivity contribution in [1.82, 2.24) is 14.7 Å². The number of fused-ring (bicyclic) bond motifs is 1. The van der Waals surface area contributed by atoms with Crippen LogP contribution in [-0.4, -0.2) is 29.2 Å². The average molecular weight is 378 g/mol. The van der Waals surface area contributed by atoms with E-state index in [0.29, 0.717) is 27.1 Å². The molecule has 0 saturated carbocycles. The van der Waals surface area contributed by atoms with E-state index < -0.39 is 16.1 Å². The van der Waals surface area contributed by atoms with Gasteiger partial charge in [0.2, 0.25) is 10.0 Å². The second-order valence-corrected chi connectivity index (χ2v) is 7.88. The molecule has 2 heterocycles. The van der Waals surface area contributed by atoms with Gasteiger partial charge in [-0.05, 0) is 42.8 Å². The smallest absolute Gasteiger partial charge is 0.212 e. The van der Waals surface area contributed by atoms with Gasteiger partial charge in [0, 0.05) is 29.5 Å². The summed E-state index contributed by atoms with van der Waals surface area (Å²) in [5.74, 6) is -0.199. The number of phenols is 1. The van der Waals surface area contributed by atoms with E-state index in [-0.39, 0.29) is 11.5 Å². The quantitative estimate of drug-likeness (QED) is 0.713. The Bertz CT molecular complexity index is 1010. The van der Waals surface area contributed by atoms with Gasteiger partial charge >= 0.3 is 0 Å². The third-order valence-electron chi connectivity index (χ3n) is 3.87. The van der Waals surface area contributed by atoms with Crippen molar-refractivity contribution in [3.05, 3.63) is 65.1 Å². The van der Waals surface area contributed by atoms with Gasteiger partial charge in [-0.25, -0.2) is 13.1 Å². The largest absolute Gasteiger partial charge is 0.505 e. The van der Waals surface area contributed by atoms with E-state index in [4.69, 9.17) is 11.6 Å². The maximum absolute atomic E-state index is 12.2. The van der Waals surface area contributed by atoms with Crippen molar-refractivity contribution < 1.29 is 13.5 Å². The highest BCUT2D eigenvalue weighted by Gasteiger charge is 2.25. The molecule has 0 saturated heterocycles. The Morgan fingerprint density at radius 2 is 1.96 bits per heavy atom. The fourth-order valence-corrected chi connectivity index (χ4v) is 3.61. The Balaban J connectivity index is 2.23. The molecule has 130 valence electrons. The molecule has 0 fully saturated rings. The van der Waals surface area contributed by atoms with Gasteiger partial charge in [-0.3, -0.25) is 9.97 Å². The van der Waals surface area contributed by atoms with Crippen LogP contribution < -0.4 is 4.72 Å². The van der Waals surface area contributed by atoms with Gasteiger partial charge in [0.15, 0.2) is 0 Å². The molecule has 0 aliphatic carbocycles. The van der Waals surface area contributed by atoms with E-state index in [1.165, 1.54) is 0 Å². The maximum Gasteiger partial charge on any atom is 0.212 e. The number of halogens is 1. The molecule has 2 N–H and O–H groups in total. The van der Waals surface area contributed by atoms with Crippen LogP contribution in [0.3, 0.4) is 0 Å². The molecule has 3 aromatic rings. The van der Waals surface area contributed by atoms with Crippen LogP contribution in [-0.2, 0) is 10.0 Å². The zero-order chi connectivity index (χ0) is 18.0. The van der Waals surface area contributed by atoms with Crippen molar-refractivity contribution in [2.45, 2.75) is 13.0 Å². The lowest BCUT2D eigenvalue weighted by atomic mass is 9.98. The number of hydrogen-bond acceptors (Lipinski definition) is 5. The Labute approximate surface area is 150 Å². The third kappa shape index (κ3) is 3.58. The predicted molar refractivity (Wildman–Crippen MR) is 97.1 cm³/mol. The number of aromatic nitrogens is 2. The average Bonchev–Trinajstić information content (AvgIpc) is 2.64. The van der Waals surface area contributed by atoms with Crippen LogP contribution in [0, 0.1) is 0 Å². The van der Waals surface area contributed by atoms with Gasteiger partial charge in [-0.2, -0.15) is 0 Å². The summed E-state index contributed by atoms with van der Waals surface area (Å²) in [7, 11) is -3.54. The highest BCUT2D eigenvalue weighted by molar-refractivity contribution is 7.89. The monoisotopic (exact) mass is 377 g/mol. The van der Waals surface area contributed by atoms with Crippen LogP contribution in [0.15, 0.2) is 48.9 Å². The Morgan fingerprint density at radius 3 is 2.64 bits per heavy atom. The van der Waals surface area contributed by atoms with Gasteiger partial charge in [-0.1, -0.05) is 11.6 Å². The normalized spacial score (nSPS) is 13.0. The number of benzene rings is 1. The molecule has 0 spiro atoms. The first-order valence-corrected chi connectivity index (χ1v) is 9.62. The van der Waals surface area contributed by atoms with E-state index in [9.17, 15) is 13.5 Å². The van der Waals surface area contributed by atoms with Crippen molar-refractivity contribution in [3.63, 3.8) is 0 Å². The minimum Gasteiger partial charge on any atom is -0.505 e. The van der Waals surface area contributed by atoms with Gasteiger partial charge in [0.05, 0.1) is 16.8 Å². The molecular formula is C17H16ClN3O3S. The first kappa shape index (κ1) is 17.6. The summed E-state index contributed by atoms with van der Waals surface area (Å²) >= 11 is 6.33. The van der Waals surface area contributed by atoms with Crippen LogP contribution in [0.1, 0.15) is 24.1 Å². The highest BCUT2D eigenvalue weighted by Crippen LogP contribution is 2.38. The van der Waals surface area contributed by atoms with Gasteiger partial charge < -0.3 is 5.11 Å².